The van der Waals surface area contributed by atoms with E-state index in [1.54, 1.807) is 12.4 Å². The van der Waals surface area contributed by atoms with Crippen molar-refractivity contribution in [2.75, 3.05) is 5.32 Å². The topological polar surface area (TPSA) is 88.9 Å². The first-order valence-electron chi connectivity index (χ1n) is 9.89. The largest absolute Gasteiger partial charge is 0.339 e. The molecular weight excluding hydrogens is 442 g/mol. The van der Waals surface area contributed by atoms with Crippen LogP contribution in [0.1, 0.15) is 15.2 Å². The Hall–Kier alpha value is -3.43. The van der Waals surface area contributed by atoms with Crippen molar-refractivity contribution in [2.24, 2.45) is 7.05 Å². The Morgan fingerprint density at radius 3 is 2.50 bits per heavy atom. The molecule has 0 saturated carbocycles. The van der Waals surface area contributed by atoms with E-state index in [0.717, 1.165) is 15.6 Å². The number of aryl methyl sites for hydroxylation is 1. The lowest BCUT2D eigenvalue weighted by atomic mass is 10.0. The summed E-state index contributed by atoms with van der Waals surface area (Å²) in [4.78, 5) is 27.2. The van der Waals surface area contributed by atoms with Crippen LogP contribution in [0.15, 0.2) is 88.5 Å². The summed E-state index contributed by atoms with van der Waals surface area (Å²) in [6.07, 6.45) is 2.04. The summed E-state index contributed by atoms with van der Waals surface area (Å²) in [6.45, 7) is 0. The molecule has 2 N–H and O–H groups in total. The van der Waals surface area contributed by atoms with Gasteiger partial charge in [0.15, 0.2) is 5.16 Å². The van der Waals surface area contributed by atoms with Gasteiger partial charge in [-0.3, -0.25) is 9.59 Å². The number of anilines is 1. The molecule has 1 atom stereocenters. The number of hydrogen-bond donors (Lipinski definition) is 2. The van der Waals surface area contributed by atoms with Crippen LogP contribution >= 0.6 is 23.1 Å². The Kier molecular flexibility index (Phi) is 6.98. The fraction of sp³-hybridized carbons (Fsp3) is 0.130. The standard InChI is InChI=1S/C23H21N5O2S2/c1-28-15-24-27-23(28)32-18-11-9-17(10-12-18)25-21(29)19(14-16-6-3-2-4-7-16)26-22(30)20-8-5-13-31-20/h2-13,15,19H,14H2,1H3,(H,25,29)(H,26,30). The number of thiophene rings is 1. The molecule has 2 heterocycles. The number of carbonyl (C=O) groups is 2. The van der Waals surface area contributed by atoms with Crippen molar-refractivity contribution in [1.29, 1.82) is 0 Å². The van der Waals surface area contributed by atoms with E-state index in [4.69, 9.17) is 0 Å². The second-order valence-electron chi connectivity index (χ2n) is 7.03. The first-order valence-corrected chi connectivity index (χ1v) is 11.6. The van der Waals surface area contributed by atoms with Gasteiger partial charge < -0.3 is 15.2 Å². The van der Waals surface area contributed by atoms with Gasteiger partial charge in [0.2, 0.25) is 5.91 Å². The van der Waals surface area contributed by atoms with Crippen LogP contribution in [0.25, 0.3) is 0 Å². The van der Waals surface area contributed by atoms with Crippen molar-refractivity contribution < 1.29 is 9.59 Å². The smallest absolute Gasteiger partial charge is 0.262 e. The summed E-state index contributed by atoms with van der Waals surface area (Å²) in [7, 11) is 1.88. The molecule has 0 aliphatic carbocycles. The van der Waals surface area contributed by atoms with Gasteiger partial charge in [-0.05, 0) is 53.0 Å². The zero-order chi connectivity index (χ0) is 22.3. The Balaban J connectivity index is 1.45. The lowest BCUT2D eigenvalue weighted by Gasteiger charge is -2.18. The van der Waals surface area contributed by atoms with E-state index in [0.29, 0.717) is 17.0 Å². The van der Waals surface area contributed by atoms with Crippen molar-refractivity contribution >= 4 is 40.6 Å². The van der Waals surface area contributed by atoms with E-state index in [1.165, 1.54) is 23.1 Å². The van der Waals surface area contributed by atoms with Crippen molar-refractivity contribution in [3.63, 3.8) is 0 Å². The molecule has 0 spiro atoms. The van der Waals surface area contributed by atoms with E-state index < -0.39 is 6.04 Å². The number of aromatic nitrogens is 3. The van der Waals surface area contributed by atoms with Crippen molar-refractivity contribution in [2.45, 2.75) is 22.5 Å². The molecule has 0 fully saturated rings. The number of benzene rings is 2. The third-order valence-electron chi connectivity index (χ3n) is 4.65. The molecule has 0 aliphatic rings. The van der Waals surface area contributed by atoms with Crippen LogP contribution in [0.5, 0.6) is 0 Å². The summed E-state index contributed by atoms with van der Waals surface area (Å²) >= 11 is 2.83. The zero-order valence-electron chi connectivity index (χ0n) is 17.3. The number of amides is 2. The van der Waals surface area contributed by atoms with E-state index in [9.17, 15) is 9.59 Å². The van der Waals surface area contributed by atoms with Crippen LogP contribution < -0.4 is 10.6 Å². The fourth-order valence-electron chi connectivity index (χ4n) is 3.00. The molecule has 1 unspecified atom stereocenters. The monoisotopic (exact) mass is 463 g/mol. The van der Waals surface area contributed by atoms with E-state index in [-0.39, 0.29) is 11.8 Å². The Morgan fingerprint density at radius 2 is 1.84 bits per heavy atom. The third-order valence-corrected chi connectivity index (χ3v) is 6.58. The van der Waals surface area contributed by atoms with E-state index in [1.807, 2.05) is 77.7 Å². The molecule has 0 radical (unpaired) electrons. The second kappa shape index (κ2) is 10.3. The summed E-state index contributed by atoms with van der Waals surface area (Å²) in [6, 6.07) is 20.0. The molecule has 4 aromatic rings. The van der Waals surface area contributed by atoms with Crippen LogP contribution in [-0.2, 0) is 18.3 Å². The van der Waals surface area contributed by atoms with Crippen molar-refractivity contribution in [1.82, 2.24) is 20.1 Å². The molecule has 0 aliphatic heterocycles. The number of hydrogen-bond acceptors (Lipinski definition) is 6. The molecule has 0 saturated heterocycles. The molecule has 2 aromatic carbocycles. The van der Waals surface area contributed by atoms with Crippen molar-refractivity contribution in [3.05, 3.63) is 88.9 Å². The van der Waals surface area contributed by atoms with E-state index >= 15 is 0 Å². The number of carbonyl (C=O) groups excluding carboxylic acids is 2. The zero-order valence-corrected chi connectivity index (χ0v) is 18.9. The van der Waals surface area contributed by atoms with Gasteiger partial charge in [-0.15, -0.1) is 21.5 Å². The maximum Gasteiger partial charge on any atom is 0.262 e. The highest BCUT2D eigenvalue weighted by Gasteiger charge is 2.22. The van der Waals surface area contributed by atoms with Gasteiger partial charge in [0.1, 0.15) is 12.4 Å². The molecular formula is C23H21N5O2S2. The molecule has 32 heavy (non-hydrogen) atoms. The minimum absolute atomic E-state index is 0.258. The lowest BCUT2D eigenvalue weighted by Crippen LogP contribution is -2.45. The van der Waals surface area contributed by atoms with Gasteiger partial charge in [-0.2, -0.15) is 0 Å². The average molecular weight is 464 g/mol. The minimum atomic E-state index is -0.709. The molecule has 2 amide bonds. The van der Waals surface area contributed by atoms with Gasteiger partial charge >= 0.3 is 0 Å². The predicted octanol–water partition coefficient (Wildman–Crippen LogP) is 4.01. The van der Waals surface area contributed by atoms with Gasteiger partial charge in [0, 0.05) is 24.1 Å². The fourth-order valence-corrected chi connectivity index (χ4v) is 4.39. The second-order valence-corrected chi connectivity index (χ2v) is 9.02. The number of nitrogens with zero attached hydrogens (tertiary/aromatic N) is 3. The summed E-state index contributed by atoms with van der Waals surface area (Å²) in [5.74, 6) is -0.529. The number of rotatable bonds is 8. The van der Waals surface area contributed by atoms with E-state index in [2.05, 4.69) is 20.8 Å². The molecule has 162 valence electrons. The van der Waals surface area contributed by atoms with Crippen LogP contribution in [0.4, 0.5) is 5.69 Å². The SMILES string of the molecule is Cn1cnnc1Sc1ccc(NC(=O)C(Cc2ccccc2)NC(=O)c2cccs2)cc1. The first-order chi connectivity index (χ1) is 15.6. The highest BCUT2D eigenvalue weighted by atomic mass is 32.2. The van der Waals surface area contributed by atoms with Crippen LogP contribution in [-0.4, -0.2) is 32.6 Å². The number of nitrogens with one attached hydrogen (secondary N) is 2. The van der Waals surface area contributed by atoms with Gasteiger partial charge in [0.25, 0.3) is 5.91 Å². The molecule has 7 nitrogen and oxygen atoms in total. The normalized spacial score (nSPS) is 11.7. The lowest BCUT2D eigenvalue weighted by molar-refractivity contribution is -0.118. The van der Waals surface area contributed by atoms with Gasteiger partial charge in [-0.25, -0.2) is 0 Å². The van der Waals surface area contributed by atoms with Gasteiger partial charge in [-0.1, -0.05) is 36.4 Å². The predicted molar refractivity (Wildman–Crippen MR) is 126 cm³/mol. The molecule has 4 rings (SSSR count). The highest BCUT2D eigenvalue weighted by Crippen LogP contribution is 2.26. The van der Waals surface area contributed by atoms with Crippen molar-refractivity contribution in [3.8, 4) is 0 Å². The first kappa shape index (κ1) is 21.8. The molecule has 0 bridgehead atoms. The average Bonchev–Trinajstić information content (AvgIpc) is 3.48. The molecule has 2 aromatic heterocycles. The minimum Gasteiger partial charge on any atom is -0.339 e. The van der Waals surface area contributed by atoms with Crippen LogP contribution in [0.2, 0.25) is 0 Å². The van der Waals surface area contributed by atoms with Crippen LogP contribution in [0.3, 0.4) is 0 Å². The quantitative estimate of drug-likeness (QED) is 0.412. The maximum atomic E-state index is 13.1. The summed E-state index contributed by atoms with van der Waals surface area (Å²) < 4.78 is 1.84. The maximum absolute atomic E-state index is 13.1. The Bertz CT molecular complexity index is 1170. The third kappa shape index (κ3) is 5.63. The summed E-state index contributed by atoms with van der Waals surface area (Å²) in [5, 5.41) is 16.3. The Morgan fingerprint density at radius 1 is 1.06 bits per heavy atom. The van der Waals surface area contributed by atoms with Gasteiger partial charge in [0.05, 0.1) is 4.88 Å². The Labute approximate surface area is 193 Å². The summed E-state index contributed by atoms with van der Waals surface area (Å²) in [5.41, 5.74) is 1.62. The van der Waals surface area contributed by atoms with Crippen LogP contribution in [0, 0.1) is 0 Å². The molecule has 9 heteroatoms. The highest BCUT2D eigenvalue weighted by molar-refractivity contribution is 7.99.